The average molecular weight is 313 g/mol. The van der Waals surface area contributed by atoms with Gasteiger partial charge in [0.05, 0.1) is 6.04 Å². The molecule has 2 heterocycles. The molecule has 6 nitrogen and oxygen atoms in total. The lowest BCUT2D eigenvalue weighted by molar-refractivity contribution is 0.204. The van der Waals surface area contributed by atoms with Gasteiger partial charge in [-0.3, -0.25) is 4.79 Å². The van der Waals surface area contributed by atoms with E-state index in [9.17, 15) is 9.59 Å². The molecule has 0 fully saturated rings. The number of anilines is 1. The molecule has 1 aromatic heterocycles. The normalized spacial score (nSPS) is 18.9. The number of nitrogens with zero attached hydrogens (tertiary/aromatic N) is 1. The number of carbonyl (C=O) groups excluding carboxylic acids is 1. The molecule has 0 saturated heterocycles. The zero-order chi connectivity index (χ0) is 16.6. The number of rotatable bonds is 2. The number of hydrogen-bond donors (Lipinski definition) is 2. The van der Waals surface area contributed by atoms with Gasteiger partial charge in [0.2, 0.25) is 0 Å². The number of fused-ring (bicyclic) bond motifs is 1. The molecule has 0 radical (unpaired) electrons. The molecule has 1 aliphatic heterocycles. The topological polar surface area (TPSA) is 72.4 Å². The molecule has 120 valence electrons. The smallest absolute Gasteiger partial charge is 0.320 e. The van der Waals surface area contributed by atoms with E-state index in [0.29, 0.717) is 0 Å². The molecular formula is C17H19N3O3. The maximum absolute atomic E-state index is 12.3. The van der Waals surface area contributed by atoms with Gasteiger partial charge in [0, 0.05) is 18.8 Å². The van der Waals surface area contributed by atoms with Gasteiger partial charge in [0.1, 0.15) is 17.5 Å². The Bertz CT molecular complexity index is 813. The number of carbonyl (C=O) groups is 1. The van der Waals surface area contributed by atoms with E-state index in [0.717, 1.165) is 16.9 Å². The number of ether oxygens (including phenoxy) is 1. The predicted molar refractivity (Wildman–Crippen MR) is 87.8 cm³/mol. The van der Waals surface area contributed by atoms with Gasteiger partial charge in [-0.1, -0.05) is 18.2 Å². The minimum atomic E-state index is -0.423. The Morgan fingerprint density at radius 3 is 2.78 bits per heavy atom. The van der Waals surface area contributed by atoms with Crippen LogP contribution >= 0.6 is 0 Å². The van der Waals surface area contributed by atoms with Crippen molar-refractivity contribution in [3.63, 3.8) is 0 Å². The summed E-state index contributed by atoms with van der Waals surface area (Å²) in [5, 5.41) is 5.54. The van der Waals surface area contributed by atoms with Crippen LogP contribution < -0.4 is 20.9 Å². The maximum atomic E-state index is 12.3. The van der Waals surface area contributed by atoms with E-state index in [1.54, 1.807) is 26.2 Å². The van der Waals surface area contributed by atoms with Gasteiger partial charge in [-0.05, 0) is 31.5 Å². The van der Waals surface area contributed by atoms with E-state index < -0.39 is 6.03 Å². The molecular weight excluding hydrogens is 294 g/mol. The zero-order valence-electron chi connectivity index (χ0n) is 13.3. The first-order valence-electron chi connectivity index (χ1n) is 7.46. The van der Waals surface area contributed by atoms with Crippen molar-refractivity contribution in [1.82, 2.24) is 9.88 Å². The first-order chi connectivity index (χ1) is 11.0. The van der Waals surface area contributed by atoms with Crippen LogP contribution in [-0.2, 0) is 7.05 Å². The number of aryl methyl sites for hydroxylation is 2. The van der Waals surface area contributed by atoms with Crippen molar-refractivity contribution in [3.05, 3.63) is 58.0 Å². The third-order valence-electron chi connectivity index (χ3n) is 4.04. The number of nitrogens with one attached hydrogen (secondary N) is 2. The van der Waals surface area contributed by atoms with Gasteiger partial charge in [0.25, 0.3) is 5.56 Å². The molecule has 0 unspecified atom stereocenters. The molecule has 1 aliphatic rings. The van der Waals surface area contributed by atoms with E-state index in [1.165, 1.54) is 4.57 Å². The fourth-order valence-corrected chi connectivity index (χ4v) is 2.72. The predicted octanol–water partition coefficient (Wildman–Crippen LogP) is 2.34. The molecule has 2 aromatic rings. The van der Waals surface area contributed by atoms with E-state index in [4.69, 9.17) is 4.74 Å². The Morgan fingerprint density at radius 2 is 2.00 bits per heavy atom. The standard InChI is InChI=1S/C17H19N3O3/c1-10-8-9-20(3)16(21)14(10)18-17(22)19-15-11(2)23-13-7-5-4-6-12(13)15/h4-9,11,15H,1-3H3,(H2,18,19,22)/t11-,15-/m0/s1. The number of urea groups is 1. The Hall–Kier alpha value is -2.76. The highest BCUT2D eigenvalue weighted by Crippen LogP contribution is 2.36. The Morgan fingerprint density at radius 1 is 1.26 bits per heavy atom. The molecule has 0 spiro atoms. The Labute approximate surface area is 134 Å². The first-order valence-corrected chi connectivity index (χ1v) is 7.46. The average Bonchev–Trinajstić information content (AvgIpc) is 2.84. The van der Waals surface area contributed by atoms with Crippen LogP contribution in [-0.4, -0.2) is 16.7 Å². The summed E-state index contributed by atoms with van der Waals surface area (Å²) < 4.78 is 7.16. The summed E-state index contributed by atoms with van der Waals surface area (Å²) in [6, 6.07) is 8.72. The van der Waals surface area contributed by atoms with Crippen LogP contribution in [0, 0.1) is 6.92 Å². The molecule has 0 saturated carbocycles. The summed E-state index contributed by atoms with van der Waals surface area (Å²) in [6.45, 7) is 3.69. The Kier molecular flexibility index (Phi) is 3.82. The van der Waals surface area contributed by atoms with Crippen molar-refractivity contribution in [2.24, 2.45) is 7.05 Å². The van der Waals surface area contributed by atoms with Crippen molar-refractivity contribution in [2.45, 2.75) is 26.0 Å². The third-order valence-corrected chi connectivity index (χ3v) is 4.04. The molecule has 1 aromatic carbocycles. The van der Waals surface area contributed by atoms with E-state index in [-0.39, 0.29) is 23.4 Å². The number of aromatic nitrogens is 1. The van der Waals surface area contributed by atoms with Crippen molar-refractivity contribution in [1.29, 1.82) is 0 Å². The second kappa shape index (κ2) is 5.79. The Balaban J connectivity index is 1.79. The third kappa shape index (κ3) is 2.79. The first kappa shape index (κ1) is 15.1. The fraction of sp³-hybridized carbons (Fsp3) is 0.294. The molecule has 3 rings (SSSR count). The van der Waals surface area contributed by atoms with Crippen molar-refractivity contribution >= 4 is 11.7 Å². The van der Waals surface area contributed by atoms with E-state index in [1.807, 2.05) is 31.2 Å². The van der Waals surface area contributed by atoms with Crippen molar-refractivity contribution in [2.75, 3.05) is 5.32 Å². The fourth-order valence-electron chi connectivity index (χ4n) is 2.72. The number of amides is 2. The largest absolute Gasteiger partial charge is 0.488 e. The summed E-state index contributed by atoms with van der Waals surface area (Å²) in [5.41, 5.74) is 1.70. The lowest BCUT2D eigenvalue weighted by Gasteiger charge is -2.18. The maximum Gasteiger partial charge on any atom is 0.320 e. The van der Waals surface area contributed by atoms with Gasteiger partial charge in [0.15, 0.2) is 0 Å². The molecule has 0 aliphatic carbocycles. The minimum Gasteiger partial charge on any atom is -0.488 e. The lowest BCUT2D eigenvalue weighted by atomic mass is 10.1. The summed E-state index contributed by atoms with van der Waals surface area (Å²) in [4.78, 5) is 24.4. The monoisotopic (exact) mass is 313 g/mol. The van der Waals surface area contributed by atoms with Crippen molar-refractivity contribution in [3.8, 4) is 5.75 Å². The lowest BCUT2D eigenvalue weighted by Crippen LogP contribution is -2.38. The zero-order valence-corrected chi connectivity index (χ0v) is 13.3. The van der Waals surface area contributed by atoms with Crippen LogP contribution in [0.1, 0.15) is 24.1 Å². The highest BCUT2D eigenvalue weighted by Gasteiger charge is 2.32. The van der Waals surface area contributed by atoms with Gasteiger partial charge < -0.3 is 19.9 Å². The number of pyridine rings is 1. The molecule has 2 atom stereocenters. The second-order valence-corrected chi connectivity index (χ2v) is 5.73. The SMILES string of the molecule is Cc1ccn(C)c(=O)c1NC(=O)N[C@@H]1c2ccccc2O[C@H]1C. The van der Waals surface area contributed by atoms with Gasteiger partial charge >= 0.3 is 6.03 Å². The highest BCUT2D eigenvalue weighted by molar-refractivity contribution is 5.90. The quantitative estimate of drug-likeness (QED) is 0.894. The number of hydrogen-bond acceptors (Lipinski definition) is 3. The van der Waals surface area contributed by atoms with Crippen LogP contribution in [0.25, 0.3) is 0 Å². The minimum absolute atomic E-state index is 0.169. The van der Waals surface area contributed by atoms with E-state index >= 15 is 0 Å². The molecule has 0 bridgehead atoms. The van der Waals surface area contributed by atoms with E-state index in [2.05, 4.69) is 10.6 Å². The molecule has 2 amide bonds. The summed E-state index contributed by atoms with van der Waals surface area (Å²) >= 11 is 0. The summed E-state index contributed by atoms with van der Waals surface area (Å²) in [7, 11) is 1.65. The summed E-state index contributed by atoms with van der Waals surface area (Å²) in [5.74, 6) is 0.775. The second-order valence-electron chi connectivity index (χ2n) is 5.73. The van der Waals surface area contributed by atoms with Gasteiger partial charge in [-0.15, -0.1) is 0 Å². The number of para-hydroxylation sites is 1. The molecule has 2 N–H and O–H groups in total. The van der Waals surface area contributed by atoms with Gasteiger partial charge in [-0.25, -0.2) is 4.79 Å². The van der Waals surface area contributed by atoms with Crippen LogP contribution in [0.5, 0.6) is 5.75 Å². The van der Waals surface area contributed by atoms with Crippen LogP contribution in [0.2, 0.25) is 0 Å². The van der Waals surface area contributed by atoms with Crippen molar-refractivity contribution < 1.29 is 9.53 Å². The number of benzene rings is 1. The summed E-state index contributed by atoms with van der Waals surface area (Å²) in [6.07, 6.45) is 1.50. The van der Waals surface area contributed by atoms with Crippen LogP contribution in [0.3, 0.4) is 0 Å². The van der Waals surface area contributed by atoms with Crippen LogP contribution in [0.15, 0.2) is 41.3 Å². The molecule has 23 heavy (non-hydrogen) atoms. The van der Waals surface area contributed by atoms with Crippen LogP contribution in [0.4, 0.5) is 10.5 Å². The van der Waals surface area contributed by atoms with Gasteiger partial charge in [-0.2, -0.15) is 0 Å². The molecule has 6 heteroatoms. The highest BCUT2D eigenvalue weighted by atomic mass is 16.5.